The number of ether oxygens (including phenoxy) is 1. The average molecular weight is 238 g/mol. The van der Waals surface area contributed by atoms with Gasteiger partial charge >= 0.3 is 0 Å². The number of hydrogen-bond donors (Lipinski definition) is 2. The second-order valence-electron chi connectivity index (χ2n) is 3.44. The lowest BCUT2D eigenvalue weighted by atomic mass is 10.3. The second-order valence-corrected chi connectivity index (χ2v) is 4.10. The summed E-state index contributed by atoms with van der Waals surface area (Å²) in [6.07, 6.45) is 1.38. The van der Waals surface area contributed by atoms with Crippen LogP contribution in [0.15, 0.2) is 0 Å². The van der Waals surface area contributed by atoms with Gasteiger partial charge in [-0.3, -0.25) is 4.79 Å². The van der Waals surface area contributed by atoms with Gasteiger partial charge in [0.1, 0.15) is 5.38 Å². The molecule has 0 saturated heterocycles. The van der Waals surface area contributed by atoms with Crippen molar-refractivity contribution in [3.63, 3.8) is 0 Å². The van der Waals surface area contributed by atoms with Crippen molar-refractivity contribution in [2.24, 2.45) is 0 Å². The standard InChI is InChI=1S/C10H20ClNO3/c1-3-4-5-15-7-9(13)6-12-10(14)8(2)11/h8-9,13H,3-7H2,1-2H3,(H,12,14)/t8-,9+/m0/s1. The van der Waals surface area contributed by atoms with Crippen LogP contribution in [-0.2, 0) is 9.53 Å². The van der Waals surface area contributed by atoms with E-state index in [2.05, 4.69) is 12.2 Å². The highest BCUT2D eigenvalue weighted by molar-refractivity contribution is 6.30. The van der Waals surface area contributed by atoms with Crippen molar-refractivity contribution >= 4 is 17.5 Å². The Morgan fingerprint density at radius 1 is 1.60 bits per heavy atom. The van der Waals surface area contributed by atoms with Crippen molar-refractivity contribution < 1.29 is 14.6 Å². The molecule has 0 aliphatic carbocycles. The normalized spacial score (nSPS) is 14.7. The minimum atomic E-state index is -0.666. The lowest BCUT2D eigenvalue weighted by Crippen LogP contribution is -2.37. The van der Waals surface area contributed by atoms with E-state index in [1.54, 1.807) is 6.92 Å². The molecule has 0 aliphatic rings. The highest BCUT2D eigenvalue weighted by Crippen LogP contribution is 1.93. The van der Waals surface area contributed by atoms with Gasteiger partial charge in [0.05, 0.1) is 12.7 Å². The van der Waals surface area contributed by atoms with Crippen molar-refractivity contribution in [1.82, 2.24) is 5.32 Å². The number of amides is 1. The zero-order chi connectivity index (χ0) is 11.7. The molecule has 0 saturated carbocycles. The van der Waals surface area contributed by atoms with Gasteiger partial charge in [-0.1, -0.05) is 13.3 Å². The summed E-state index contributed by atoms with van der Waals surface area (Å²) in [6, 6.07) is 0. The van der Waals surface area contributed by atoms with Crippen LogP contribution in [0.2, 0.25) is 0 Å². The van der Waals surface area contributed by atoms with Crippen LogP contribution >= 0.6 is 11.6 Å². The number of hydrogen-bond acceptors (Lipinski definition) is 3. The molecular formula is C10H20ClNO3. The Morgan fingerprint density at radius 2 is 2.27 bits per heavy atom. The average Bonchev–Trinajstić information content (AvgIpc) is 2.20. The number of rotatable bonds is 8. The fourth-order valence-electron chi connectivity index (χ4n) is 0.884. The summed E-state index contributed by atoms with van der Waals surface area (Å²) in [6.45, 7) is 4.73. The van der Waals surface area contributed by atoms with Gasteiger partial charge in [0.25, 0.3) is 0 Å². The van der Waals surface area contributed by atoms with Gasteiger partial charge in [0.15, 0.2) is 0 Å². The minimum Gasteiger partial charge on any atom is -0.389 e. The SMILES string of the molecule is CCCCOC[C@H](O)CNC(=O)[C@H](C)Cl. The van der Waals surface area contributed by atoms with E-state index in [-0.39, 0.29) is 19.1 Å². The molecule has 90 valence electrons. The Bertz CT molecular complexity index is 176. The van der Waals surface area contributed by atoms with E-state index >= 15 is 0 Å². The minimum absolute atomic E-state index is 0.183. The van der Waals surface area contributed by atoms with Gasteiger partial charge in [-0.25, -0.2) is 0 Å². The third-order valence-corrected chi connectivity index (χ3v) is 2.02. The maximum absolute atomic E-state index is 11.0. The number of aliphatic hydroxyl groups excluding tert-OH is 1. The van der Waals surface area contributed by atoms with Gasteiger partial charge in [-0.2, -0.15) is 0 Å². The lowest BCUT2D eigenvalue weighted by molar-refractivity contribution is -0.121. The first kappa shape index (κ1) is 14.7. The molecule has 0 aliphatic heterocycles. The summed E-state index contributed by atoms with van der Waals surface area (Å²) >= 11 is 5.53. The Hall–Kier alpha value is -0.320. The second kappa shape index (κ2) is 8.95. The number of halogens is 1. The highest BCUT2D eigenvalue weighted by atomic mass is 35.5. The topological polar surface area (TPSA) is 58.6 Å². The Balaban J connectivity index is 3.40. The molecule has 15 heavy (non-hydrogen) atoms. The molecule has 0 bridgehead atoms. The predicted molar refractivity (Wildman–Crippen MR) is 60.1 cm³/mol. The number of aliphatic hydroxyl groups is 1. The molecule has 0 aromatic heterocycles. The van der Waals surface area contributed by atoms with Crippen molar-refractivity contribution in [2.75, 3.05) is 19.8 Å². The summed E-state index contributed by atoms with van der Waals surface area (Å²) in [4.78, 5) is 11.0. The predicted octanol–water partition coefficient (Wildman–Crippen LogP) is 0.907. The van der Waals surface area contributed by atoms with Crippen LogP contribution in [0.25, 0.3) is 0 Å². The van der Waals surface area contributed by atoms with Crippen molar-refractivity contribution in [1.29, 1.82) is 0 Å². The molecule has 0 heterocycles. The quantitative estimate of drug-likeness (QED) is 0.487. The highest BCUT2D eigenvalue weighted by Gasteiger charge is 2.11. The van der Waals surface area contributed by atoms with Crippen LogP contribution in [0, 0.1) is 0 Å². The smallest absolute Gasteiger partial charge is 0.237 e. The molecule has 0 unspecified atom stereocenters. The van der Waals surface area contributed by atoms with Crippen molar-refractivity contribution in [2.45, 2.75) is 38.2 Å². The van der Waals surface area contributed by atoms with Gasteiger partial charge in [0, 0.05) is 13.2 Å². The first-order valence-corrected chi connectivity index (χ1v) is 5.69. The van der Waals surface area contributed by atoms with Crippen LogP contribution in [0.3, 0.4) is 0 Å². The van der Waals surface area contributed by atoms with Gasteiger partial charge in [-0.15, -0.1) is 11.6 Å². The fourth-order valence-corrected chi connectivity index (χ4v) is 0.961. The molecule has 2 N–H and O–H groups in total. The third kappa shape index (κ3) is 8.66. The molecule has 0 rings (SSSR count). The Morgan fingerprint density at radius 3 is 2.80 bits per heavy atom. The van der Waals surface area contributed by atoms with E-state index in [4.69, 9.17) is 16.3 Å². The van der Waals surface area contributed by atoms with Gasteiger partial charge < -0.3 is 15.2 Å². The largest absolute Gasteiger partial charge is 0.389 e. The van der Waals surface area contributed by atoms with E-state index in [1.807, 2.05) is 0 Å². The number of nitrogens with one attached hydrogen (secondary N) is 1. The molecule has 0 spiro atoms. The fraction of sp³-hybridized carbons (Fsp3) is 0.900. The van der Waals surface area contributed by atoms with Crippen molar-refractivity contribution in [3.8, 4) is 0 Å². The van der Waals surface area contributed by atoms with Crippen LogP contribution in [0.1, 0.15) is 26.7 Å². The summed E-state index contributed by atoms with van der Waals surface area (Å²) in [5.41, 5.74) is 0. The molecule has 4 nitrogen and oxygen atoms in total. The molecule has 0 fully saturated rings. The maximum atomic E-state index is 11.0. The monoisotopic (exact) mass is 237 g/mol. The van der Waals surface area contributed by atoms with E-state index in [1.165, 1.54) is 0 Å². The van der Waals surface area contributed by atoms with E-state index in [0.29, 0.717) is 6.61 Å². The molecule has 5 heteroatoms. The van der Waals surface area contributed by atoms with Gasteiger partial charge in [-0.05, 0) is 13.3 Å². The molecule has 2 atom stereocenters. The molecule has 0 aromatic carbocycles. The summed E-state index contributed by atoms with van der Waals surface area (Å²) in [5, 5.41) is 11.3. The number of carbonyl (C=O) groups is 1. The van der Waals surface area contributed by atoms with Crippen LogP contribution in [0.5, 0.6) is 0 Å². The van der Waals surface area contributed by atoms with E-state index < -0.39 is 11.5 Å². The first-order chi connectivity index (χ1) is 7.07. The number of unbranched alkanes of at least 4 members (excludes halogenated alkanes) is 1. The maximum Gasteiger partial charge on any atom is 0.237 e. The number of alkyl halides is 1. The summed E-state index contributed by atoms with van der Waals surface area (Å²) < 4.78 is 5.19. The third-order valence-electron chi connectivity index (χ3n) is 1.83. The Kier molecular flexibility index (Phi) is 8.76. The first-order valence-electron chi connectivity index (χ1n) is 5.25. The molecule has 1 amide bonds. The zero-order valence-electron chi connectivity index (χ0n) is 9.33. The van der Waals surface area contributed by atoms with E-state index in [9.17, 15) is 9.90 Å². The van der Waals surface area contributed by atoms with Gasteiger partial charge in [0.2, 0.25) is 5.91 Å². The molecular weight excluding hydrogens is 218 g/mol. The number of carbonyl (C=O) groups excluding carboxylic acids is 1. The van der Waals surface area contributed by atoms with Crippen molar-refractivity contribution in [3.05, 3.63) is 0 Å². The Labute approximate surface area is 95.9 Å². The molecule has 0 radical (unpaired) electrons. The zero-order valence-corrected chi connectivity index (χ0v) is 10.1. The van der Waals surface area contributed by atoms with Crippen LogP contribution in [0.4, 0.5) is 0 Å². The van der Waals surface area contributed by atoms with Crippen LogP contribution in [-0.4, -0.2) is 42.3 Å². The summed E-state index contributed by atoms with van der Waals surface area (Å²) in [7, 11) is 0. The van der Waals surface area contributed by atoms with Crippen LogP contribution < -0.4 is 5.32 Å². The van der Waals surface area contributed by atoms with E-state index in [0.717, 1.165) is 12.8 Å². The molecule has 0 aromatic rings. The summed E-state index contributed by atoms with van der Waals surface area (Å²) in [5.74, 6) is -0.274. The lowest BCUT2D eigenvalue weighted by Gasteiger charge is -2.12.